The number of likely N-dealkylation sites (tertiary alicyclic amines) is 1. The summed E-state index contributed by atoms with van der Waals surface area (Å²) in [5.74, 6) is 1.80. The van der Waals surface area contributed by atoms with Gasteiger partial charge in [-0.05, 0) is 43.7 Å². The quantitative estimate of drug-likeness (QED) is 0.898. The molecule has 26 heavy (non-hydrogen) atoms. The highest BCUT2D eigenvalue weighted by molar-refractivity contribution is 5.99. The first-order chi connectivity index (χ1) is 12.8. The molecule has 1 aromatic carbocycles. The molecule has 0 spiro atoms. The number of carbonyl (C=O) groups excluding carboxylic acids is 1. The molecular weight excluding hydrogens is 324 g/mol. The monoisotopic (exact) mass is 354 g/mol. The number of hydrogen-bond donors (Lipinski definition) is 1. The topological polar surface area (TPSA) is 41.6 Å². The number of benzene rings is 1. The molecule has 1 amide bonds. The van der Waals surface area contributed by atoms with Crippen LogP contribution in [0.15, 0.2) is 29.8 Å². The van der Waals surface area contributed by atoms with E-state index < -0.39 is 0 Å². The Kier molecular flexibility index (Phi) is 5.59. The summed E-state index contributed by atoms with van der Waals surface area (Å²) in [5, 5.41) is 3.23. The molecular formula is C22H30N2O2. The van der Waals surface area contributed by atoms with E-state index in [1.807, 2.05) is 30.3 Å². The highest BCUT2D eigenvalue weighted by Gasteiger charge is 2.25. The number of nitrogens with one attached hydrogen (secondary N) is 1. The third kappa shape index (κ3) is 4.29. The molecule has 1 N–H and O–H groups in total. The van der Waals surface area contributed by atoms with Crippen LogP contribution in [0.25, 0.3) is 6.08 Å². The maximum Gasteiger partial charge on any atom is 0.250 e. The van der Waals surface area contributed by atoms with Crippen molar-refractivity contribution in [3.8, 4) is 5.75 Å². The lowest BCUT2D eigenvalue weighted by Gasteiger charge is -2.35. The van der Waals surface area contributed by atoms with Crippen molar-refractivity contribution in [3.63, 3.8) is 0 Å². The van der Waals surface area contributed by atoms with Crippen LogP contribution in [0.4, 0.5) is 0 Å². The third-order valence-corrected chi connectivity index (χ3v) is 6.09. The molecule has 0 unspecified atom stereocenters. The van der Waals surface area contributed by atoms with Gasteiger partial charge >= 0.3 is 0 Å². The summed E-state index contributed by atoms with van der Waals surface area (Å²) >= 11 is 0. The Bertz CT molecular complexity index is 656. The van der Waals surface area contributed by atoms with E-state index in [4.69, 9.17) is 4.74 Å². The van der Waals surface area contributed by atoms with Crippen LogP contribution in [0.2, 0.25) is 0 Å². The van der Waals surface area contributed by atoms with Crippen LogP contribution in [0.5, 0.6) is 5.75 Å². The van der Waals surface area contributed by atoms with Gasteiger partial charge in [-0.25, -0.2) is 0 Å². The molecule has 3 aliphatic rings. The molecule has 4 rings (SSSR count). The molecule has 140 valence electrons. The number of piperidine rings is 1. The van der Waals surface area contributed by atoms with Crippen molar-refractivity contribution in [2.45, 2.75) is 51.0 Å². The number of ether oxygens (including phenoxy) is 1. The van der Waals surface area contributed by atoms with Crippen LogP contribution in [-0.4, -0.2) is 43.1 Å². The standard InChI is InChI=1S/C22H30N2O2/c25-22(19-14-18-8-4-5-9-21(18)26-16-19)23-20-10-12-24(13-11-20)15-17-6-2-1-3-7-17/h4-5,8-9,14,17,20H,1-3,6-7,10-13,15-16H2,(H,23,25). The normalized spacial score (nSPS) is 22.2. The lowest BCUT2D eigenvalue weighted by molar-refractivity contribution is -0.118. The van der Waals surface area contributed by atoms with E-state index in [2.05, 4.69) is 10.2 Å². The van der Waals surface area contributed by atoms with Gasteiger partial charge in [0.1, 0.15) is 12.4 Å². The van der Waals surface area contributed by atoms with Crippen molar-refractivity contribution >= 4 is 12.0 Å². The summed E-state index contributed by atoms with van der Waals surface area (Å²) in [5.41, 5.74) is 1.72. The number of amides is 1. The Morgan fingerprint density at radius 3 is 2.65 bits per heavy atom. The number of rotatable bonds is 4. The van der Waals surface area contributed by atoms with Gasteiger partial charge < -0.3 is 15.0 Å². The zero-order chi connectivity index (χ0) is 17.8. The van der Waals surface area contributed by atoms with Crippen LogP contribution >= 0.6 is 0 Å². The van der Waals surface area contributed by atoms with Crippen molar-refractivity contribution in [2.75, 3.05) is 26.2 Å². The van der Waals surface area contributed by atoms with Gasteiger partial charge in [-0.2, -0.15) is 0 Å². The minimum Gasteiger partial charge on any atom is -0.488 e. The van der Waals surface area contributed by atoms with Crippen LogP contribution in [-0.2, 0) is 4.79 Å². The molecule has 0 radical (unpaired) electrons. The number of nitrogens with zero attached hydrogens (tertiary/aromatic N) is 1. The van der Waals surface area contributed by atoms with Crippen molar-refractivity contribution in [1.29, 1.82) is 0 Å². The Hall–Kier alpha value is -1.81. The number of carbonyl (C=O) groups is 1. The second kappa shape index (κ2) is 8.26. The van der Waals surface area contributed by atoms with Crippen molar-refractivity contribution in [3.05, 3.63) is 35.4 Å². The van der Waals surface area contributed by atoms with E-state index >= 15 is 0 Å². The maximum atomic E-state index is 12.6. The average Bonchev–Trinajstić information content (AvgIpc) is 2.70. The molecule has 2 aliphatic heterocycles. The molecule has 1 saturated carbocycles. The van der Waals surface area contributed by atoms with Crippen LogP contribution in [0, 0.1) is 5.92 Å². The Labute approximate surface area is 156 Å². The van der Waals surface area contributed by atoms with Crippen LogP contribution in [0.1, 0.15) is 50.5 Å². The Morgan fingerprint density at radius 1 is 1.08 bits per heavy atom. The van der Waals surface area contributed by atoms with Gasteiger partial charge in [0.2, 0.25) is 0 Å². The second-order valence-electron chi connectivity index (χ2n) is 8.05. The second-order valence-corrected chi connectivity index (χ2v) is 8.05. The highest BCUT2D eigenvalue weighted by atomic mass is 16.5. The fraction of sp³-hybridized carbons (Fsp3) is 0.591. The smallest absolute Gasteiger partial charge is 0.250 e. The van der Waals surface area contributed by atoms with Gasteiger partial charge in [0, 0.05) is 31.2 Å². The van der Waals surface area contributed by atoms with Crippen LogP contribution in [0.3, 0.4) is 0 Å². The van der Waals surface area contributed by atoms with E-state index in [1.165, 1.54) is 38.6 Å². The van der Waals surface area contributed by atoms with Crippen molar-refractivity contribution in [2.24, 2.45) is 5.92 Å². The zero-order valence-electron chi connectivity index (χ0n) is 15.6. The zero-order valence-corrected chi connectivity index (χ0v) is 15.6. The first-order valence-electron chi connectivity index (χ1n) is 10.2. The van der Waals surface area contributed by atoms with E-state index in [1.54, 1.807) is 0 Å². The number of hydrogen-bond acceptors (Lipinski definition) is 3. The predicted molar refractivity (Wildman–Crippen MR) is 104 cm³/mol. The van der Waals surface area contributed by atoms with Gasteiger partial charge in [-0.15, -0.1) is 0 Å². The molecule has 2 fully saturated rings. The highest BCUT2D eigenvalue weighted by Crippen LogP contribution is 2.27. The van der Waals surface area contributed by atoms with E-state index in [9.17, 15) is 4.79 Å². The van der Waals surface area contributed by atoms with Crippen LogP contribution < -0.4 is 10.1 Å². The maximum absolute atomic E-state index is 12.6. The summed E-state index contributed by atoms with van der Waals surface area (Å²) in [6.07, 6.45) is 11.2. The Morgan fingerprint density at radius 2 is 1.85 bits per heavy atom. The fourth-order valence-electron chi connectivity index (χ4n) is 4.52. The summed E-state index contributed by atoms with van der Waals surface area (Å²) in [7, 11) is 0. The molecule has 2 heterocycles. The van der Waals surface area contributed by atoms with Gasteiger partial charge in [0.15, 0.2) is 0 Å². The largest absolute Gasteiger partial charge is 0.488 e. The lowest BCUT2D eigenvalue weighted by Crippen LogP contribution is -2.46. The van der Waals surface area contributed by atoms with Gasteiger partial charge in [0.25, 0.3) is 5.91 Å². The van der Waals surface area contributed by atoms with Gasteiger partial charge in [-0.1, -0.05) is 37.5 Å². The van der Waals surface area contributed by atoms with Crippen molar-refractivity contribution < 1.29 is 9.53 Å². The number of fused-ring (bicyclic) bond motifs is 1. The first-order valence-corrected chi connectivity index (χ1v) is 10.2. The van der Waals surface area contributed by atoms with E-state index in [0.717, 1.165) is 48.7 Å². The van der Waals surface area contributed by atoms with Crippen molar-refractivity contribution in [1.82, 2.24) is 10.2 Å². The molecule has 1 aromatic rings. The third-order valence-electron chi connectivity index (χ3n) is 6.09. The first kappa shape index (κ1) is 17.6. The molecule has 0 aromatic heterocycles. The minimum atomic E-state index is 0.0326. The summed E-state index contributed by atoms with van der Waals surface area (Å²) in [6.45, 7) is 3.85. The minimum absolute atomic E-state index is 0.0326. The Balaban J connectivity index is 1.25. The van der Waals surface area contributed by atoms with E-state index in [0.29, 0.717) is 12.6 Å². The van der Waals surface area contributed by atoms with Gasteiger partial charge in [0.05, 0.1) is 5.57 Å². The SMILES string of the molecule is O=C(NC1CCN(CC2CCCCC2)CC1)C1=Cc2ccccc2OC1. The lowest BCUT2D eigenvalue weighted by atomic mass is 9.88. The molecule has 0 atom stereocenters. The molecule has 1 saturated heterocycles. The van der Waals surface area contributed by atoms with Gasteiger partial charge in [-0.3, -0.25) is 4.79 Å². The summed E-state index contributed by atoms with van der Waals surface area (Å²) in [6, 6.07) is 8.16. The molecule has 4 heteroatoms. The fourth-order valence-corrected chi connectivity index (χ4v) is 4.52. The molecule has 1 aliphatic carbocycles. The summed E-state index contributed by atoms with van der Waals surface area (Å²) < 4.78 is 5.71. The average molecular weight is 354 g/mol. The molecule has 0 bridgehead atoms. The summed E-state index contributed by atoms with van der Waals surface area (Å²) in [4.78, 5) is 15.2. The van der Waals surface area contributed by atoms with E-state index in [-0.39, 0.29) is 5.91 Å². The molecule has 4 nitrogen and oxygen atoms in total. The predicted octanol–water partition coefficient (Wildman–Crippen LogP) is 3.62. The number of para-hydroxylation sites is 1.